The lowest BCUT2D eigenvalue weighted by Crippen LogP contribution is -2.24. The quantitative estimate of drug-likeness (QED) is 0.405. The summed E-state index contributed by atoms with van der Waals surface area (Å²) in [6.45, 7) is 4.38. The van der Waals surface area contributed by atoms with E-state index >= 15 is 0 Å². The molecule has 0 aliphatic carbocycles. The van der Waals surface area contributed by atoms with Gasteiger partial charge < -0.3 is 10.1 Å². The highest BCUT2D eigenvalue weighted by Gasteiger charge is 2.05. The van der Waals surface area contributed by atoms with Crippen molar-refractivity contribution in [2.24, 2.45) is 0 Å². The van der Waals surface area contributed by atoms with E-state index in [9.17, 15) is 4.79 Å². The van der Waals surface area contributed by atoms with E-state index in [4.69, 9.17) is 6.42 Å². The van der Waals surface area contributed by atoms with Crippen LogP contribution < -0.4 is 5.32 Å². The molecule has 0 radical (unpaired) electrons. The van der Waals surface area contributed by atoms with E-state index in [-0.39, 0.29) is 12.0 Å². The van der Waals surface area contributed by atoms with Gasteiger partial charge in [-0.05, 0) is 13.3 Å². The third kappa shape index (κ3) is 4.68. The number of nitrogens with one attached hydrogen (secondary N) is 1. The molecule has 3 heteroatoms. The zero-order chi connectivity index (χ0) is 11.0. The number of rotatable bonds is 5. The molecule has 0 saturated heterocycles. The van der Waals surface area contributed by atoms with E-state index < -0.39 is 0 Å². The van der Waals surface area contributed by atoms with Gasteiger partial charge >= 0.3 is 5.97 Å². The van der Waals surface area contributed by atoms with Crippen molar-refractivity contribution in [2.45, 2.75) is 26.3 Å². The topological polar surface area (TPSA) is 38.3 Å². The van der Waals surface area contributed by atoms with Gasteiger partial charge in [-0.15, -0.1) is 6.42 Å². The summed E-state index contributed by atoms with van der Waals surface area (Å²) in [5.41, 5.74) is 0.671. The molecule has 0 aliphatic heterocycles. The first-order valence-corrected chi connectivity index (χ1v) is 4.62. The number of ether oxygens (including phenoxy) is 1. The van der Waals surface area contributed by atoms with E-state index in [1.165, 1.54) is 7.11 Å². The summed E-state index contributed by atoms with van der Waals surface area (Å²) in [7, 11) is 1.38. The Morgan fingerprint density at radius 2 is 2.36 bits per heavy atom. The van der Waals surface area contributed by atoms with Crippen molar-refractivity contribution in [3.8, 4) is 12.3 Å². The van der Waals surface area contributed by atoms with Crippen LogP contribution >= 0.6 is 0 Å². The monoisotopic (exact) mass is 195 g/mol. The summed E-state index contributed by atoms with van der Waals surface area (Å²) in [5.74, 6) is 2.27. The smallest absolute Gasteiger partial charge is 0.333 e. The molecule has 14 heavy (non-hydrogen) atoms. The second-order valence-corrected chi connectivity index (χ2v) is 2.87. The van der Waals surface area contributed by atoms with E-state index in [0.717, 1.165) is 0 Å². The van der Waals surface area contributed by atoms with Gasteiger partial charge in [0, 0.05) is 12.1 Å². The molecule has 1 N–H and O–H groups in total. The fraction of sp³-hybridized carbons (Fsp3) is 0.545. The first kappa shape index (κ1) is 12.7. The number of hydrogen-bond acceptors (Lipinski definition) is 3. The Bertz CT molecular complexity index is 251. The van der Waals surface area contributed by atoms with Crippen LogP contribution in [0.3, 0.4) is 0 Å². The summed E-state index contributed by atoms with van der Waals surface area (Å²) in [6.07, 6.45) is 7.65. The Morgan fingerprint density at radius 1 is 1.71 bits per heavy atom. The molecule has 1 unspecified atom stereocenters. The molecular formula is C11H17NO2. The largest absolute Gasteiger partial charge is 0.466 e. The van der Waals surface area contributed by atoms with Gasteiger partial charge in [-0.2, -0.15) is 0 Å². The lowest BCUT2D eigenvalue weighted by molar-refractivity contribution is -0.136. The van der Waals surface area contributed by atoms with Gasteiger partial charge in [0.15, 0.2) is 0 Å². The van der Waals surface area contributed by atoms with Crippen molar-refractivity contribution < 1.29 is 9.53 Å². The minimum absolute atomic E-state index is 0.0157. The average Bonchev–Trinajstić information content (AvgIpc) is 2.22. The lowest BCUT2D eigenvalue weighted by Gasteiger charge is -2.05. The SMILES string of the molecule is C#CC(C)NCC=C(CC)C(=O)OC. The van der Waals surface area contributed by atoms with Gasteiger partial charge in [0.25, 0.3) is 0 Å². The first-order chi connectivity index (χ1) is 6.65. The molecule has 3 nitrogen and oxygen atoms in total. The number of carbonyl (C=O) groups is 1. The summed E-state index contributed by atoms with van der Waals surface area (Å²) < 4.78 is 4.61. The third-order valence-corrected chi connectivity index (χ3v) is 1.85. The molecule has 0 bridgehead atoms. The molecule has 0 fully saturated rings. The van der Waals surface area contributed by atoms with Gasteiger partial charge in [0.2, 0.25) is 0 Å². The van der Waals surface area contributed by atoms with Gasteiger partial charge in [0.1, 0.15) is 0 Å². The highest BCUT2D eigenvalue weighted by atomic mass is 16.5. The molecule has 0 heterocycles. The van der Waals surface area contributed by atoms with Gasteiger partial charge in [-0.25, -0.2) is 4.79 Å². The van der Waals surface area contributed by atoms with Crippen molar-refractivity contribution >= 4 is 5.97 Å². The number of hydrogen-bond donors (Lipinski definition) is 1. The molecule has 0 aliphatic rings. The van der Waals surface area contributed by atoms with Crippen LogP contribution in [-0.2, 0) is 9.53 Å². The Labute approximate surface area is 85.5 Å². The number of methoxy groups -OCH3 is 1. The van der Waals surface area contributed by atoms with Gasteiger partial charge in [0.05, 0.1) is 13.2 Å². The second-order valence-electron chi connectivity index (χ2n) is 2.87. The molecule has 0 aromatic rings. The zero-order valence-corrected chi connectivity index (χ0v) is 8.96. The van der Waals surface area contributed by atoms with Crippen molar-refractivity contribution in [3.05, 3.63) is 11.6 Å². The fourth-order valence-corrected chi connectivity index (χ4v) is 0.921. The molecule has 0 spiro atoms. The molecule has 78 valence electrons. The third-order valence-electron chi connectivity index (χ3n) is 1.85. The zero-order valence-electron chi connectivity index (χ0n) is 8.96. The van der Waals surface area contributed by atoms with Crippen molar-refractivity contribution in [1.82, 2.24) is 5.32 Å². The number of esters is 1. The maximum absolute atomic E-state index is 11.1. The van der Waals surface area contributed by atoms with Crippen molar-refractivity contribution in [2.75, 3.05) is 13.7 Å². The van der Waals surface area contributed by atoms with Crippen LogP contribution in [0.25, 0.3) is 0 Å². The molecule has 0 amide bonds. The number of carbonyl (C=O) groups excluding carboxylic acids is 1. The van der Waals surface area contributed by atoms with Crippen molar-refractivity contribution in [1.29, 1.82) is 0 Å². The van der Waals surface area contributed by atoms with Gasteiger partial charge in [-0.3, -0.25) is 0 Å². The Balaban J connectivity index is 4.07. The highest BCUT2D eigenvalue weighted by Crippen LogP contribution is 2.01. The number of terminal acetylenes is 1. The second kappa shape index (κ2) is 7.16. The summed E-state index contributed by atoms with van der Waals surface area (Å²) in [5, 5.41) is 3.06. The average molecular weight is 195 g/mol. The normalized spacial score (nSPS) is 13.1. The van der Waals surface area contributed by atoms with Crippen LogP contribution in [0.5, 0.6) is 0 Å². The maximum atomic E-state index is 11.1. The van der Waals surface area contributed by atoms with Gasteiger partial charge in [-0.1, -0.05) is 18.9 Å². The minimum Gasteiger partial charge on any atom is -0.466 e. The van der Waals surface area contributed by atoms with Crippen LogP contribution in [0.1, 0.15) is 20.3 Å². The van der Waals surface area contributed by atoms with E-state index in [1.54, 1.807) is 6.08 Å². The predicted octanol–water partition coefficient (Wildman–Crippen LogP) is 1.11. The van der Waals surface area contributed by atoms with Crippen LogP contribution in [0.15, 0.2) is 11.6 Å². The molecule has 0 aromatic carbocycles. The summed E-state index contributed by atoms with van der Waals surface area (Å²) >= 11 is 0. The van der Waals surface area contributed by atoms with Crippen LogP contribution in [0.4, 0.5) is 0 Å². The minimum atomic E-state index is -0.275. The Kier molecular flexibility index (Phi) is 6.51. The molecule has 1 atom stereocenters. The summed E-state index contributed by atoms with van der Waals surface area (Å²) in [6, 6.07) is 0.0157. The fourth-order valence-electron chi connectivity index (χ4n) is 0.921. The first-order valence-electron chi connectivity index (χ1n) is 4.62. The van der Waals surface area contributed by atoms with E-state index in [1.807, 2.05) is 13.8 Å². The predicted molar refractivity (Wildman–Crippen MR) is 56.7 cm³/mol. The van der Waals surface area contributed by atoms with Crippen LogP contribution in [0.2, 0.25) is 0 Å². The van der Waals surface area contributed by atoms with E-state index in [2.05, 4.69) is 16.0 Å². The molecule has 0 aromatic heterocycles. The standard InChI is InChI=1S/C11H17NO2/c1-5-9(3)12-8-7-10(6-2)11(13)14-4/h1,7,9,12H,6,8H2,2-4H3. The Hall–Kier alpha value is -1.27. The van der Waals surface area contributed by atoms with Crippen LogP contribution in [0, 0.1) is 12.3 Å². The molecular weight excluding hydrogens is 178 g/mol. The van der Waals surface area contributed by atoms with Crippen molar-refractivity contribution in [3.63, 3.8) is 0 Å². The lowest BCUT2D eigenvalue weighted by atomic mass is 10.2. The van der Waals surface area contributed by atoms with Crippen LogP contribution in [-0.4, -0.2) is 25.7 Å². The Morgan fingerprint density at radius 3 is 2.79 bits per heavy atom. The molecule has 0 rings (SSSR count). The molecule has 0 saturated carbocycles. The highest BCUT2D eigenvalue weighted by molar-refractivity contribution is 5.88. The summed E-state index contributed by atoms with van der Waals surface area (Å²) in [4.78, 5) is 11.1. The maximum Gasteiger partial charge on any atom is 0.333 e. The van der Waals surface area contributed by atoms with E-state index in [0.29, 0.717) is 18.5 Å².